The number of anilines is 1. The minimum Gasteiger partial charge on any atom is -0.340 e. The number of fused-ring (bicyclic) bond motifs is 4. The molecule has 0 radical (unpaired) electrons. The molecule has 3 aromatic heterocycles. The summed E-state index contributed by atoms with van der Waals surface area (Å²) in [6.45, 7) is 1.49. The third kappa shape index (κ3) is 3.06. The van der Waals surface area contributed by atoms with Gasteiger partial charge in [0, 0.05) is 56.9 Å². The summed E-state index contributed by atoms with van der Waals surface area (Å²) in [6.07, 6.45) is 0.968. The summed E-state index contributed by atoms with van der Waals surface area (Å²) < 4.78 is 42.7. The van der Waals surface area contributed by atoms with Gasteiger partial charge in [-0.05, 0) is 30.5 Å². The molecule has 2 atom stereocenters. The number of hydrogen-bond donors (Lipinski definition) is 0. The maximum absolute atomic E-state index is 13.1. The second-order valence-corrected chi connectivity index (χ2v) is 7.89. The average Bonchev–Trinajstić information content (AvgIpc) is 3.14. The summed E-state index contributed by atoms with van der Waals surface area (Å²) in [6, 6.07) is 4.60. The Morgan fingerprint density at radius 1 is 1.07 bits per heavy atom. The van der Waals surface area contributed by atoms with Gasteiger partial charge in [-0.1, -0.05) is 0 Å². The van der Waals surface area contributed by atoms with Crippen molar-refractivity contribution in [3.63, 3.8) is 0 Å². The number of pyridine rings is 1. The summed E-state index contributed by atoms with van der Waals surface area (Å²) in [5, 5.41) is 0. The highest BCUT2D eigenvalue weighted by atomic mass is 19.4. The fourth-order valence-corrected chi connectivity index (χ4v) is 4.56. The van der Waals surface area contributed by atoms with Crippen molar-refractivity contribution in [3.8, 4) is 11.4 Å². The van der Waals surface area contributed by atoms with Gasteiger partial charge >= 0.3 is 6.18 Å². The number of alkyl halides is 3. The van der Waals surface area contributed by atoms with Gasteiger partial charge < -0.3 is 14.0 Å². The van der Waals surface area contributed by atoms with Crippen molar-refractivity contribution in [2.75, 3.05) is 18.0 Å². The summed E-state index contributed by atoms with van der Waals surface area (Å²) in [5.74, 6) is 0.854. The van der Waals surface area contributed by atoms with Gasteiger partial charge in [0.25, 0.3) is 5.56 Å². The Morgan fingerprint density at radius 3 is 2.63 bits per heavy atom. The molecule has 2 bridgehead atoms. The largest absolute Gasteiger partial charge is 0.433 e. The number of imidazole rings is 1. The maximum atomic E-state index is 13.1. The lowest BCUT2D eigenvalue weighted by molar-refractivity contribution is -0.141. The number of rotatable bonds is 2. The molecule has 0 unspecified atom stereocenters. The quantitative estimate of drug-likeness (QED) is 0.643. The van der Waals surface area contributed by atoms with Crippen LogP contribution in [0.4, 0.5) is 19.1 Å². The number of halogens is 3. The van der Waals surface area contributed by atoms with Crippen molar-refractivity contribution in [2.24, 2.45) is 13.0 Å². The molecular weight excluding hydrogens is 397 g/mol. The normalized spacial score (nSPS) is 20.9. The Balaban J connectivity index is 1.48. The molecule has 1 saturated heterocycles. The standard InChI is InChI=1S/C20H19F3N6O/c1-27-7-6-24-17(27)14-2-3-15-13-8-12(10-29(15)18(14)30)9-28(11-13)19-25-5-4-16(26-19)20(21,22)23/h2-7,12-13H,8-11H2,1H3/t12-,13+/m0/s1. The van der Waals surface area contributed by atoms with Gasteiger partial charge in [0.1, 0.15) is 11.5 Å². The molecule has 0 amide bonds. The Kier molecular flexibility index (Phi) is 4.19. The Morgan fingerprint density at radius 2 is 1.90 bits per heavy atom. The minimum absolute atomic E-state index is 0.0266. The molecule has 0 aromatic carbocycles. The van der Waals surface area contributed by atoms with E-state index in [1.165, 1.54) is 0 Å². The SMILES string of the molecule is Cn1ccnc1-c1ccc2n(c1=O)C[C@H]1C[C@@H]2CN(c2nccc(C(F)(F)F)n2)C1. The first-order chi connectivity index (χ1) is 14.3. The summed E-state index contributed by atoms with van der Waals surface area (Å²) in [5.41, 5.74) is 0.412. The molecular formula is C20H19F3N6O. The monoisotopic (exact) mass is 416 g/mol. The predicted molar refractivity (Wildman–Crippen MR) is 103 cm³/mol. The lowest BCUT2D eigenvalue weighted by Crippen LogP contribution is -2.48. The molecule has 5 rings (SSSR count). The highest BCUT2D eigenvalue weighted by Gasteiger charge is 2.38. The van der Waals surface area contributed by atoms with Crippen LogP contribution in [0.25, 0.3) is 11.4 Å². The van der Waals surface area contributed by atoms with Crippen LogP contribution in [0.3, 0.4) is 0 Å². The van der Waals surface area contributed by atoms with Gasteiger partial charge in [-0.3, -0.25) is 4.79 Å². The molecule has 1 fully saturated rings. The summed E-state index contributed by atoms with van der Waals surface area (Å²) in [4.78, 5) is 27.0. The topological polar surface area (TPSA) is 68.8 Å². The van der Waals surface area contributed by atoms with Crippen LogP contribution in [0.2, 0.25) is 0 Å². The van der Waals surface area contributed by atoms with Crippen molar-refractivity contribution in [1.82, 2.24) is 24.1 Å². The maximum Gasteiger partial charge on any atom is 0.433 e. The van der Waals surface area contributed by atoms with E-state index in [0.717, 1.165) is 24.4 Å². The zero-order chi connectivity index (χ0) is 21.0. The third-order valence-corrected chi connectivity index (χ3v) is 5.88. The minimum atomic E-state index is -4.51. The zero-order valence-corrected chi connectivity index (χ0v) is 16.2. The summed E-state index contributed by atoms with van der Waals surface area (Å²) in [7, 11) is 1.84. The van der Waals surface area contributed by atoms with E-state index in [4.69, 9.17) is 0 Å². The first kappa shape index (κ1) is 18.8. The molecule has 0 spiro atoms. The van der Waals surface area contributed by atoms with Crippen LogP contribution in [-0.4, -0.2) is 37.2 Å². The summed E-state index contributed by atoms with van der Waals surface area (Å²) >= 11 is 0. The molecule has 10 heteroatoms. The first-order valence-electron chi connectivity index (χ1n) is 9.68. The number of hydrogen-bond acceptors (Lipinski definition) is 5. The van der Waals surface area contributed by atoms with E-state index in [-0.39, 0.29) is 23.3 Å². The Hall–Kier alpha value is -3.17. The van der Waals surface area contributed by atoms with Crippen LogP contribution in [0.5, 0.6) is 0 Å². The highest BCUT2D eigenvalue weighted by molar-refractivity contribution is 5.54. The van der Waals surface area contributed by atoms with E-state index in [2.05, 4.69) is 15.0 Å². The lowest BCUT2D eigenvalue weighted by Gasteiger charge is -2.42. The van der Waals surface area contributed by atoms with Gasteiger partial charge in [0.15, 0.2) is 0 Å². The van der Waals surface area contributed by atoms with Crippen LogP contribution in [0.1, 0.15) is 23.7 Å². The smallest absolute Gasteiger partial charge is 0.340 e. The van der Waals surface area contributed by atoms with E-state index < -0.39 is 11.9 Å². The number of aryl methyl sites for hydroxylation is 1. The van der Waals surface area contributed by atoms with Crippen LogP contribution in [0.15, 0.2) is 41.6 Å². The molecule has 2 aliphatic rings. The second kappa shape index (κ2) is 6.68. The number of nitrogens with zero attached hydrogens (tertiary/aromatic N) is 6. The molecule has 0 N–H and O–H groups in total. The third-order valence-electron chi connectivity index (χ3n) is 5.88. The van der Waals surface area contributed by atoms with Crippen LogP contribution in [0, 0.1) is 5.92 Å². The lowest BCUT2D eigenvalue weighted by atomic mass is 9.83. The van der Waals surface area contributed by atoms with E-state index in [1.54, 1.807) is 32.5 Å². The van der Waals surface area contributed by atoms with Gasteiger partial charge in [-0.2, -0.15) is 13.2 Å². The van der Waals surface area contributed by atoms with Gasteiger partial charge in [-0.25, -0.2) is 15.0 Å². The second-order valence-electron chi connectivity index (χ2n) is 7.89. The van der Waals surface area contributed by atoms with Crippen molar-refractivity contribution >= 4 is 5.95 Å². The number of aromatic nitrogens is 5. The van der Waals surface area contributed by atoms with Gasteiger partial charge in [0.05, 0.1) is 5.56 Å². The van der Waals surface area contributed by atoms with Gasteiger partial charge in [0.2, 0.25) is 5.95 Å². The average molecular weight is 416 g/mol. The molecule has 7 nitrogen and oxygen atoms in total. The van der Waals surface area contributed by atoms with Crippen molar-refractivity contribution < 1.29 is 13.2 Å². The Labute approximate surface area is 169 Å². The molecule has 30 heavy (non-hydrogen) atoms. The first-order valence-corrected chi connectivity index (χ1v) is 9.68. The van der Waals surface area contributed by atoms with Crippen molar-refractivity contribution in [1.29, 1.82) is 0 Å². The number of piperidine rings is 1. The van der Waals surface area contributed by atoms with Crippen LogP contribution in [-0.2, 0) is 19.8 Å². The molecule has 0 aliphatic carbocycles. The van der Waals surface area contributed by atoms with Crippen LogP contribution < -0.4 is 10.5 Å². The molecule has 3 aromatic rings. The van der Waals surface area contributed by atoms with Crippen molar-refractivity contribution in [3.05, 3.63) is 58.5 Å². The van der Waals surface area contributed by atoms with E-state index >= 15 is 0 Å². The molecule has 156 valence electrons. The molecule has 0 saturated carbocycles. The van der Waals surface area contributed by atoms with E-state index in [9.17, 15) is 18.0 Å². The Bertz CT molecular complexity index is 1170. The van der Waals surface area contributed by atoms with Crippen LogP contribution >= 0.6 is 0 Å². The van der Waals surface area contributed by atoms with E-state index in [0.29, 0.717) is 31.0 Å². The fraction of sp³-hybridized carbons (Fsp3) is 0.400. The van der Waals surface area contributed by atoms with E-state index in [1.807, 2.05) is 13.1 Å². The zero-order valence-electron chi connectivity index (χ0n) is 16.2. The predicted octanol–water partition coefficient (Wildman–Crippen LogP) is 2.68. The molecule has 2 aliphatic heterocycles. The molecule has 5 heterocycles. The highest BCUT2D eigenvalue weighted by Crippen LogP contribution is 2.37. The van der Waals surface area contributed by atoms with Crippen molar-refractivity contribution in [2.45, 2.75) is 25.1 Å². The fourth-order valence-electron chi connectivity index (χ4n) is 4.56. The van der Waals surface area contributed by atoms with Gasteiger partial charge in [-0.15, -0.1) is 0 Å².